The van der Waals surface area contributed by atoms with E-state index < -0.39 is 0 Å². The molecule has 0 aliphatic carbocycles. The average molecular weight is 140 g/mol. The van der Waals surface area contributed by atoms with Crippen LogP contribution in [0.5, 0.6) is 0 Å². The topological polar surface area (TPSA) is 15.3 Å². The molecule has 10 heavy (non-hydrogen) atoms. The molecular weight excluding hydrogens is 124 g/mol. The van der Waals surface area contributed by atoms with E-state index in [0.29, 0.717) is 0 Å². The Morgan fingerprint density at radius 2 is 2.30 bits per heavy atom. The maximum absolute atomic E-state index is 3.56. The quantitative estimate of drug-likeness (QED) is 0.520. The number of rotatable bonds is 0. The van der Waals surface area contributed by atoms with Crippen LogP contribution in [0.2, 0.25) is 0 Å². The molecule has 2 heterocycles. The Morgan fingerprint density at radius 1 is 1.50 bits per heavy atom. The van der Waals surface area contributed by atoms with Crippen molar-refractivity contribution < 1.29 is 0 Å². The van der Waals surface area contributed by atoms with Crippen LogP contribution in [0.15, 0.2) is 0 Å². The highest BCUT2D eigenvalue weighted by Gasteiger charge is 2.39. The maximum atomic E-state index is 3.56. The van der Waals surface area contributed by atoms with Crippen molar-refractivity contribution in [3.8, 4) is 0 Å². The van der Waals surface area contributed by atoms with Gasteiger partial charge in [-0.1, -0.05) is 0 Å². The Morgan fingerprint density at radius 3 is 3.00 bits per heavy atom. The van der Waals surface area contributed by atoms with Crippen molar-refractivity contribution in [1.29, 1.82) is 0 Å². The molecule has 1 N–H and O–H groups in total. The van der Waals surface area contributed by atoms with E-state index >= 15 is 0 Å². The summed E-state index contributed by atoms with van der Waals surface area (Å²) in [5.74, 6) is 0.944. The van der Waals surface area contributed by atoms with Gasteiger partial charge in [0.1, 0.15) is 0 Å². The van der Waals surface area contributed by atoms with Gasteiger partial charge in [0.25, 0.3) is 0 Å². The van der Waals surface area contributed by atoms with Gasteiger partial charge in [0, 0.05) is 18.6 Å². The van der Waals surface area contributed by atoms with Crippen LogP contribution in [-0.4, -0.2) is 37.1 Å². The van der Waals surface area contributed by atoms with E-state index in [1.165, 1.54) is 19.5 Å². The van der Waals surface area contributed by atoms with Gasteiger partial charge in [-0.2, -0.15) is 0 Å². The third kappa shape index (κ3) is 0.789. The monoisotopic (exact) mass is 140 g/mol. The number of nitrogens with zero attached hydrogens (tertiary/aromatic N) is 1. The summed E-state index contributed by atoms with van der Waals surface area (Å²) < 4.78 is 0. The minimum absolute atomic E-state index is 0.757. The molecule has 0 saturated carbocycles. The molecule has 58 valence electrons. The summed E-state index contributed by atoms with van der Waals surface area (Å²) in [7, 11) is 2.23. The molecule has 2 rings (SSSR count). The van der Waals surface area contributed by atoms with E-state index in [4.69, 9.17) is 0 Å². The third-order valence-corrected chi connectivity index (χ3v) is 3.14. The predicted octanol–water partition coefficient (Wildman–Crippen LogP) is 0.298. The molecule has 2 aliphatic heterocycles. The first-order valence-electron chi connectivity index (χ1n) is 4.22. The smallest absolute Gasteiger partial charge is 0.0261 e. The second-order valence-electron chi connectivity index (χ2n) is 3.71. The van der Waals surface area contributed by atoms with E-state index in [-0.39, 0.29) is 0 Å². The fourth-order valence-corrected chi connectivity index (χ4v) is 2.36. The summed E-state index contributed by atoms with van der Waals surface area (Å²) in [6.07, 6.45) is 1.39. The van der Waals surface area contributed by atoms with Gasteiger partial charge in [-0.3, -0.25) is 0 Å². The van der Waals surface area contributed by atoms with Crippen LogP contribution in [0, 0.1) is 5.92 Å². The predicted molar refractivity (Wildman–Crippen MR) is 42.0 cm³/mol. The molecule has 3 atom stereocenters. The fourth-order valence-electron chi connectivity index (χ4n) is 2.36. The van der Waals surface area contributed by atoms with E-state index in [1.807, 2.05) is 0 Å². The van der Waals surface area contributed by atoms with Gasteiger partial charge in [0.15, 0.2) is 0 Å². The van der Waals surface area contributed by atoms with Crippen LogP contribution in [0.1, 0.15) is 13.3 Å². The number of fused-ring (bicyclic) bond motifs is 1. The number of likely N-dealkylation sites (tertiary alicyclic amines) is 1. The highest BCUT2D eigenvalue weighted by atomic mass is 15.2. The lowest BCUT2D eigenvalue weighted by molar-refractivity contribution is 0.300. The van der Waals surface area contributed by atoms with E-state index in [9.17, 15) is 0 Å². The Balaban J connectivity index is 2.09. The summed E-state index contributed by atoms with van der Waals surface area (Å²) in [5.41, 5.74) is 0. The molecule has 0 spiro atoms. The number of nitrogens with one attached hydrogen (secondary N) is 1. The molecule has 0 radical (unpaired) electrons. The van der Waals surface area contributed by atoms with E-state index in [1.54, 1.807) is 0 Å². The highest BCUT2D eigenvalue weighted by Crippen LogP contribution is 2.28. The molecule has 0 aromatic rings. The summed E-state index contributed by atoms with van der Waals surface area (Å²) in [5, 5.41) is 3.56. The van der Waals surface area contributed by atoms with Gasteiger partial charge in [-0.25, -0.2) is 0 Å². The third-order valence-electron chi connectivity index (χ3n) is 3.14. The van der Waals surface area contributed by atoms with Gasteiger partial charge in [-0.15, -0.1) is 0 Å². The first kappa shape index (κ1) is 6.62. The summed E-state index contributed by atoms with van der Waals surface area (Å²) in [6.45, 7) is 4.87. The molecule has 0 aromatic heterocycles. The fraction of sp³-hybridized carbons (Fsp3) is 1.00. The van der Waals surface area contributed by atoms with Gasteiger partial charge in [0.2, 0.25) is 0 Å². The van der Waals surface area contributed by atoms with Gasteiger partial charge in [-0.05, 0) is 32.9 Å². The Hall–Kier alpha value is -0.0800. The zero-order valence-corrected chi connectivity index (χ0v) is 6.80. The molecular formula is C8H16N2. The molecule has 2 nitrogen and oxygen atoms in total. The Labute approximate surface area is 62.6 Å². The van der Waals surface area contributed by atoms with Gasteiger partial charge < -0.3 is 10.2 Å². The van der Waals surface area contributed by atoms with Gasteiger partial charge >= 0.3 is 0 Å². The number of hydrogen-bond donors (Lipinski definition) is 1. The maximum Gasteiger partial charge on any atom is 0.0261 e. The molecule has 2 aliphatic rings. The molecule has 0 amide bonds. The SMILES string of the molecule is CC1C2NCCC2CN1C. The molecule has 2 heteroatoms. The first-order valence-corrected chi connectivity index (χ1v) is 4.22. The molecule has 0 bridgehead atoms. The molecule has 0 aromatic carbocycles. The zero-order chi connectivity index (χ0) is 7.14. The van der Waals surface area contributed by atoms with Crippen molar-refractivity contribution in [3.63, 3.8) is 0 Å². The first-order chi connectivity index (χ1) is 4.79. The number of likely N-dealkylation sites (N-methyl/N-ethyl adjacent to an activating group) is 1. The molecule has 3 unspecified atom stereocenters. The van der Waals surface area contributed by atoms with Crippen LogP contribution in [0.4, 0.5) is 0 Å². The minimum Gasteiger partial charge on any atom is -0.312 e. The van der Waals surface area contributed by atoms with E-state index in [0.717, 1.165) is 18.0 Å². The van der Waals surface area contributed by atoms with Crippen molar-refractivity contribution in [3.05, 3.63) is 0 Å². The molecule has 2 fully saturated rings. The van der Waals surface area contributed by atoms with Crippen molar-refractivity contribution >= 4 is 0 Å². The second-order valence-corrected chi connectivity index (χ2v) is 3.71. The lowest BCUT2D eigenvalue weighted by Crippen LogP contribution is -2.37. The summed E-state index contributed by atoms with van der Waals surface area (Å²) in [4.78, 5) is 2.46. The van der Waals surface area contributed by atoms with Crippen LogP contribution in [0.3, 0.4) is 0 Å². The molecule has 2 saturated heterocycles. The van der Waals surface area contributed by atoms with Crippen molar-refractivity contribution in [1.82, 2.24) is 10.2 Å². The summed E-state index contributed by atoms with van der Waals surface area (Å²) >= 11 is 0. The largest absolute Gasteiger partial charge is 0.312 e. The van der Waals surface area contributed by atoms with Crippen molar-refractivity contribution in [2.75, 3.05) is 20.1 Å². The second kappa shape index (κ2) is 2.21. The Kier molecular flexibility index (Phi) is 1.46. The standard InChI is InChI=1S/C8H16N2/c1-6-8-7(3-4-9-8)5-10(6)2/h6-9H,3-5H2,1-2H3. The van der Waals surface area contributed by atoms with Crippen molar-refractivity contribution in [2.45, 2.75) is 25.4 Å². The normalized spacial score (nSPS) is 48.0. The minimum atomic E-state index is 0.757. The van der Waals surface area contributed by atoms with Crippen LogP contribution >= 0.6 is 0 Å². The van der Waals surface area contributed by atoms with Gasteiger partial charge in [0.05, 0.1) is 0 Å². The zero-order valence-electron chi connectivity index (χ0n) is 6.80. The lowest BCUT2D eigenvalue weighted by Gasteiger charge is -2.19. The number of hydrogen-bond acceptors (Lipinski definition) is 2. The Bertz CT molecular complexity index is 133. The highest BCUT2D eigenvalue weighted by molar-refractivity contribution is 4.98. The van der Waals surface area contributed by atoms with E-state index in [2.05, 4.69) is 24.2 Å². The van der Waals surface area contributed by atoms with Crippen LogP contribution in [0.25, 0.3) is 0 Å². The summed E-state index contributed by atoms with van der Waals surface area (Å²) in [6, 6.07) is 1.55. The van der Waals surface area contributed by atoms with Crippen LogP contribution < -0.4 is 5.32 Å². The van der Waals surface area contributed by atoms with Crippen LogP contribution in [-0.2, 0) is 0 Å². The average Bonchev–Trinajstić information content (AvgIpc) is 2.41. The lowest BCUT2D eigenvalue weighted by atomic mass is 10.0. The van der Waals surface area contributed by atoms with Crippen molar-refractivity contribution in [2.24, 2.45) is 5.92 Å².